The Kier molecular flexibility index (Phi) is 6.23. The number of hydrogen-bond acceptors (Lipinski definition) is 4. The van der Waals surface area contributed by atoms with E-state index in [2.05, 4.69) is 16.5 Å². The molecule has 0 heterocycles. The summed E-state index contributed by atoms with van der Waals surface area (Å²) in [4.78, 5) is 19.5. The SMILES string of the molecule is CCCCC(C)(C)OOCOC(=O)O. The topological polar surface area (TPSA) is 65.0 Å². The molecule has 0 aromatic rings. The van der Waals surface area contributed by atoms with Crippen LogP contribution in [-0.2, 0) is 14.5 Å². The molecule has 0 radical (unpaired) electrons. The molecule has 0 amide bonds. The molecule has 1 N–H and O–H groups in total. The van der Waals surface area contributed by atoms with Crippen LogP contribution >= 0.6 is 0 Å². The molecule has 0 aliphatic rings. The van der Waals surface area contributed by atoms with Gasteiger partial charge in [-0.25, -0.2) is 9.68 Å². The standard InChI is InChI=1S/C9H18O5/c1-4-5-6-9(2,3)14-13-7-12-8(10)11/h4-7H2,1-3H3,(H,10,11). The Labute approximate surface area is 83.9 Å². The molecule has 0 spiro atoms. The first-order chi connectivity index (χ1) is 6.48. The van der Waals surface area contributed by atoms with Gasteiger partial charge < -0.3 is 9.84 Å². The van der Waals surface area contributed by atoms with Crippen LogP contribution in [0, 0.1) is 0 Å². The van der Waals surface area contributed by atoms with Gasteiger partial charge >= 0.3 is 6.16 Å². The number of carboxylic acid groups (broad SMARTS) is 1. The second kappa shape index (κ2) is 6.62. The Bertz CT molecular complexity index is 167. The molecule has 0 fully saturated rings. The molecule has 0 saturated heterocycles. The summed E-state index contributed by atoms with van der Waals surface area (Å²) < 4.78 is 4.11. The number of ether oxygens (including phenoxy) is 1. The summed E-state index contributed by atoms with van der Waals surface area (Å²) in [6.45, 7) is 5.45. The summed E-state index contributed by atoms with van der Waals surface area (Å²) in [5.41, 5.74) is -0.405. The molecule has 5 heteroatoms. The van der Waals surface area contributed by atoms with Crippen molar-refractivity contribution in [1.29, 1.82) is 0 Å². The molecule has 0 saturated carbocycles. The number of rotatable bonds is 7. The van der Waals surface area contributed by atoms with Gasteiger partial charge in [-0.05, 0) is 20.3 Å². The van der Waals surface area contributed by atoms with Gasteiger partial charge in [0.05, 0.1) is 5.60 Å². The van der Waals surface area contributed by atoms with E-state index in [4.69, 9.17) is 9.99 Å². The average Bonchev–Trinajstić information content (AvgIpc) is 2.09. The summed E-state index contributed by atoms with van der Waals surface area (Å²) >= 11 is 0. The lowest BCUT2D eigenvalue weighted by atomic mass is 10.0. The quantitative estimate of drug-likeness (QED) is 0.228. The third-order valence-electron chi connectivity index (χ3n) is 1.65. The van der Waals surface area contributed by atoms with E-state index in [0.29, 0.717) is 0 Å². The molecule has 0 aromatic heterocycles. The predicted molar refractivity (Wildman–Crippen MR) is 49.8 cm³/mol. The Morgan fingerprint density at radius 2 is 2.07 bits per heavy atom. The zero-order chi connectivity index (χ0) is 11.0. The van der Waals surface area contributed by atoms with E-state index >= 15 is 0 Å². The van der Waals surface area contributed by atoms with Crippen molar-refractivity contribution in [2.75, 3.05) is 6.79 Å². The minimum absolute atomic E-state index is 0.398. The summed E-state index contributed by atoms with van der Waals surface area (Å²) in [6.07, 6.45) is 1.60. The Balaban J connectivity index is 3.49. The van der Waals surface area contributed by atoms with Crippen LogP contribution in [0.1, 0.15) is 40.0 Å². The van der Waals surface area contributed by atoms with Crippen LogP contribution in [0.3, 0.4) is 0 Å². The summed E-state index contributed by atoms with van der Waals surface area (Å²) in [5.74, 6) is 0. The number of hydrogen-bond donors (Lipinski definition) is 1. The molecule has 0 aromatic carbocycles. The van der Waals surface area contributed by atoms with Gasteiger partial charge in [0, 0.05) is 0 Å². The third kappa shape index (κ3) is 7.82. The predicted octanol–water partition coefficient (Wildman–Crippen LogP) is 2.56. The number of unbranched alkanes of at least 4 members (excludes halogenated alkanes) is 1. The third-order valence-corrected chi connectivity index (χ3v) is 1.65. The Morgan fingerprint density at radius 3 is 2.57 bits per heavy atom. The largest absolute Gasteiger partial charge is 0.507 e. The first kappa shape index (κ1) is 13.2. The van der Waals surface area contributed by atoms with Gasteiger partial charge in [-0.3, -0.25) is 0 Å². The average molecular weight is 206 g/mol. The highest BCUT2D eigenvalue weighted by molar-refractivity contribution is 5.56. The summed E-state index contributed by atoms with van der Waals surface area (Å²) in [6, 6.07) is 0. The first-order valence-electron chi connectivity index (χ1n) is 4.64. The molecular weight excluding hydrogens is 188 g/mol. The van der Waals surface area contributed by atoms with Gasteiger partial charge in [0.2, 0.25) is 6.79 Å². The van der Waals surface area contributed by atoms with Crippen molar-refractivity contribution in [2.24, 2.45) is 0 Å². The van der Waals surface area contributed by atoms with Crippen molar-refractivity contribution in [3.8, 4) is 0 Å². The van der Waals surface area contributed by atoms with E-state index in [0.717, 1.165) is 19.3 Å². The maximum absolute atomic E-state index is 9.94. The van der Waals surface area contributed by atoms with Gasteiger partial charge in [-0.15, -0.1) is 0 Å². The van der Waals surface area contributed by atoms with E-state index in [1.807, 2.05) is 13.8 Å². The summed E-state index contributed by atoms with van der Waals surface area (Å²) in [5, 5.41) is 8.13. The molecule has 84 valence electrons. The van der Waals surface area contributed by atoms with Crippen LogP contribution in [-0.4, -0.2) is 23.7 Å². The van der Waals surface area contributed by atoms with Crippen molar-refractivity contribution in [3.63, 3.8) is 0 Å². The van der Waals surface area contributed by atoms with Crippen molar-refractivity contribution in [2.45, 2.75) is 45.6 Å². The van der Waals surface area contributed by atoms with E-state index in [1.165, 1.54) is 0 Å². The van der Waals surface area contributed by atoms with Crippen LogP contribution in [0.5, 0.6) is 0 Å². The molecular formula is C9H18O5. The van der Waals surface area contributed by atoms with Crippen LogP contribution in [0.4, 0.5) is 4.79 Å². The molecule has 0 aliphatic carbocycles. The van der Waals surface area contributed by atoms with E-state index in [1.54, 1.807) is 0 Å². The Morgan fingerprint density at radius 1 is 1.43 bits per heavy atom. The minimum atomic E-state index is -1.38. The molecule has 14 heavy (non-hydrogen) atoms. The van der Waals surface area contributed by atoms with Crippen molar-refractivity contribution in [1.82, 2.24) is 0 Å². The normalized spacial score (nSPS) is 11.4. The second-order valence-corrected chi connectivity index (χ2v) is 3.59. The van der Waals surface area contributed by atoms with Gasteiger partial charge in [-0.2, -0.15) is 4.89 Å². The van der Waals surface area contributed by atoms with Crippen LogP contribution in [0.25, 0.3) is 0 Å². The first-order valence-corrected chi connectivity index (χ1v) is 4.64. The molecule has 0 atom stereocenters. The van der Waals surface area contributed by atoms with Crippen molar-refractivity contribution in [3.05, 3.63) is 0 Å². The van der Waals surface area contributed by atoms with E-state index in [-0.39, 0.29) is 0 Å². The maximum Gasteiger partial charge on any atom is 0.507 e. The molecule has 0 aliphatic heterocycles. The van der Waals surface area contributed by atoms with Crippen molar-refractivity contribution >= 4 is 6.16 Å². The zero-order valence-corrected chi connectivity index (χ0v) is 8.91. The lowest BCUT2D eigenvalue weighted by Crippen LogP contribution is -2.25. The minimum Gasteiger partial charge on any atom is -0.450 e. The van der Waals surface area contributed by atoms with Gasteiger partial charge in [0.25, 0.3) is 0 Å². The van der Waals surface area contributed by atoms with Crippen molar-refractivity contribution < 1.29 is 24.4 Å². The molecule has 0 bridgehead atoms. The van der Waals surface area contributed by atoms with Gasteiger partial charge in [0.1, 0.15) is 0 Å². The van der Waals surface area contributed by atoms with E-state index in [9.17, 15) is 4.79 Å². The molecule has 5 nitrogen and oxygen atoms in total. The van der Waals surface area contributed by atoms with Crippen LogP contribution < -0.4 is 0 Å². The zero-order valence-electron chi connectivity index (χ0n) is 8.91. The second-order valence-electron chi connectivity index (χ2n) is 3.59. The maximum atomic E-state index is 9.94. The van der Waals surface area contributed by atoms with Gasteiger partial charge in [0.15, 0.2) is 0 Å². The lowest BCUT2D eigenvalue weighted by molar-refractivity contribution is -0.380. The Hall–Kier alpha value is -0.810. The van der Waals surface area contributed by atoms with Crippen LogP contribution in [0.15, 0.2) is 0 Å². The highest BCUT2D eigenvalue weighted by Gasteiger charge is 2.19. The smallest absolute Gasteiger partial charge is 0.450 e. The lowest BCUT2D eigenvalue weighted by Gasteiger charge is -2.22. The highest BCUT2D eigenvalue weighted by atomic mass is 17.2. The molecule has 0 rings (SSSR count). The fourth-order valence-corrected chi connectivity index (χ4v) is 0.902. The monoisotopic (exact) mass is 206 g/mol. The fraction of sp³-hybridized carbons (Fsp3) is 0.889. The fourth-order valence-electron chi connectivity index (χ4n) is 0.902. The van der Waals surface area contributed by atoms with E-state index < -0.39 is 18.5 Å². The number of carbonyl (C=O) groups is 1. The summed E-state index contributed by atoms with van der Waals surface area (Å²) in [7, 11) is 0. The highest BCUT2D eigenvalue weighted by Crippen LogP contribution is 2.17. The van der Waals surface area contributed by atoms with Crippen LogP contribution in [0.2, 0.25) is 0 Å². The molecule has 0 unspecified atom stereocenters. The van der Waals surface area contributed by atoms with Gasteiger partial charge in [-0.1, -0.05) is 19.8 Å².